The van der Waals surface area contributed by atoms with Gasteiger partial charge in [0, 0.05) is 18.5 Å². The lowest BCUT2D eigenvalue weighted by Gasteiger charge is -2.07. The molecule has 1 aromatic carbocycles. The monoisotopic (exact) mass is 267 g/mol. The first-order chi connectivity index (χ1) is 9.04. The maximum Gasteiger partial charge on any atom is 0.303 e. The summed E-state index contributed by atoms with van der Waals surface area (Å²) in [6.07, 6.45) is 1.21. The molecule has 1 aromatic rings. The zero-order valence-electron chi connectivity index (χ0n) is 10.7. The number of benzene rings is 1. The SMILES string of the molecule is COc1ccc(C(=O)NCCCCC(=O)O)cc1O. The van der Waals surface area contributed by atoms with Gasteiger partial charge < -0.3 is 20.3 Å². The highest BCUT2D eigenvalue weighted by Gasteiger charge is 2.09. The van der Waals surface area contributed by atoms with Gasteiger partial charge in [0.25, 0.3) is 5.91 Å². The molecule has 0 aliphatic rings. The third kappa shape index (κ3) is 4.87. The Kier molecular flexibility index (Phi) is 5.66. The van der Waals surface area contributed by atoms with Crippen molar-refractivity contribution in [3.8, 4) is 11.5 Å². The molecule has 0 bridgehead atoms. The number of ether oxygens (including phenoxy) is 1. The molecule has 0 fully saturated rings. The number of hydrogen-bond donors (Lipinski definition) is 3. The lowest BCUT2D eigenvalue weighted by Crippen LogP contribution is -2.24. The summed E-state index contributed by atoms with van der Waals surface area (Å²) in [7, 11) is 1.43. The largest absolute Gasteiger partial charge is 0.504 e. The fourth-order valence-electron chi connectivity index (χ4n) is 1.54. The van der Waals surface area contributed by atoms with Crippen molar-refractivity contribution in [2.75, 3.05) is 13.7 Å². The number of nitrogens with one attached hydrogen (secondary N) is 1. The van der Waals surface area contributed by atoms with Gasteiger partial charge in [-0.3, -0.25) is 9.59 Å². The Morgan fingerprint density at radius 1 is 1.32 bits per heavy atom. The number of methoxy groups -OCH3 is 1. The molecule has 1 amide bonds. The van der Waals surface area contributed by atoms with Gasteiger partial charge in [-0.15, -0.1) is 0 Å². The highest BCUT2D eigenvalue weighted by Crippen LogP contribution is 2.25. The van der Waals surface area contributed by atoms with E-state index in [-0.39, 0.29) is 18.1 Å². The topological polar surface area (TPSA) is 95.9 Å². The second-order valence-corrected chi connectivity index (χ2v) is 3.99. The number of carbonyl (C=O) groups is 2. The van der Waals surface area contributed by atoms with E-state index in [9.17, 15) is 14.7 Å². The normalized spacial score (nSPS) is 9.95. The zero-order chi connectivity index (χ0) is 14.3. The first kappa shape index (κ1) is 14.8. The van der Waals surface area contributed by atoms with Crippen LogP contribution in [0.2, 0.25) is 0 Å². The predicted octanol–water partition coefficient (Wildman–Crippen LogP) is 1.39. The number of unbranched alkanes of at least 4 members (excludes halogenated alkanes) is 1. The molecule has 6 nitrogen and oxygen atoms in total. The van der Waals surface area contributed by atoms with E-state index in [1.54, 1.807) is 6.07 Å². The molecule has 0 atom stereocenters. The number of aromatic hydroxyl groups is 1. The van der Waals surface area contributed by atoms with Crippen molar-refractivity contribution < 1.29 is 24.5 Å². The third-order valence-electron chi connectivity index (χ3n) is 2.54. The maximum atomic E-state index is 11.7. The van der Waals surface area contributed by atoms with Crippen LogP contribution in [-0.4, -0.2) is 35.7 Å². The Labute approximate surface area is 111 Å². The van der Waals surface area contributed by atoms with Crippen LogP contribution in [0.1, 0.15) is 29.6 Å². The second-order valence-electron chi connectivity index (χ2n) is 3.99. The van der Waals surface area contributed by atoms with Gasteiger partial charge in [-0.05, 0) is 31.0 Å². The molecular formula is C13H17NO5. The molecule has 104 valence electrons. The minimum absolute atomic E-state index is 0.0963. The van der Waals surface area contributed by atoms with E-state index < -0.39 is 5.97 Å². The molecule has 0 aliphatic carbocycles. The molecule has 6 heteroatoms. The van der Waals surface area contributed by atoms with Crippen LogP contribution in [0, 0.1) is 0 Å². The average molecular weight is 267 g/mol. The van der Waals surface area contributed by atoms with Crippen molar-refractivity contribution in [3.05, 3.63) is 23.8 Å². The highest BCUT2D eigenvalue weighted by atomic mass is 16.5. The van der Waals surface area contributed by atoms with E-state index in [4.69, 9.17) is 9.84 Å². The van der Waals surface area contributed by atoms with Crippen molar-refractivity contribution in [2.45, 2.75) is 19.3 Å². The van der Waals surface area contributed by atoms with Gasteiger partial charge in [0.15, 0.2) is 11.5 Å². The highest BCUT2D eigenvalue weighted by molar-refractivity contribution is 5.94. The molecule has 0 saturated heterocycles. The van der Waals surface area contributed by atoms with Crippen molar-refractivity contribution >= 4 is 11.9 Å². The summed E-state index contributed by atoms with van der Waals surface area (Å²) in [5.74, 6) is -0.946. The summed E-state index contributed by atoms with van der Waals surface area (Å²) in [6.45, 7) is 0.402. The number of hydrogen-bond acceptors (Lipinski definition) is 4. The van der Waals surface area contributed by atoms with E-state index in [0.717, 1.165) is 0 Å². The summed E-state index contributed by atoms with van der Waals surface area (Å²) in [6, 6.07) is 4.38. The lowest BCUT2D eigenvalue weighted by molar-refractivity contribution is -0.137. The minimum Gasteiger partial charge on any atom is -0.504 e. The molecule has 0 radical (unpaired) electrons. The fourth-order valence-corrected chi connectivity index (χ4v) is 1.54. The molecular weight excluding hydrogens is 250 g/mol. The Bertz CT molecular complexity index is 458. The maximum absolute atomic E-state index is 11.7. The predicted molar refractivity (Wildman–Crippen MR) is 68.5 cm³/mol. The van der Waals surface area contributed by atoms with Crippen molar-refractivity contribution in [1.82, 2.24) is 5.32 Å². The Hall–Kier alpha value is -2.24. The zero-order valence-corrected chi connectivity index (χ0v) is 10.7. The number of carboxylic acids is 1. The van der Waals surface area contributed by atoms with Gasteiger partial charge in [-0.1, -0.05) is 0 Å². The Balaban J connectivity index is 2.41. The minimum atomic E-state index is -0.841. The molecule has 0 aliphatic heterocycles. The van der Waals surface area contributed by atoms with Crippen LogP contribution in [0.5, 0.6) is 11.5 Å². The van der Waals surface area contributed by atoms with Gasteiger partial charge in [0.05, 0.1) is 7.11 Å². The van der Waals surface area contributed by atoms with Crippen LogP contribution in [0.3, 0.4) is 0 Å². The number of phenolic OH excluding ortho intramolecular Hbond substituents is 1. The number of aliphatic carboxylic acids is 1. The van der Waals surface area contributed by atoms with Crippen molar-refractivity contribution in [2.24, 2.45) is 0 Å². The van der Waals surface area contributed by atoms with Gasteiger partial charge >= 0.3 is 5.97 Å². The fraction of sp³-hybridized carbons (Fsp3) is 0.385. The molecule has 3 N–H and O–H groups in total. The van der Waals surface area contributed by atoms with Crippen LogP contribution in [0.15, 0.2) is 18.2 Å². The van der Waals surface area contributed by atoms with E-state index in [0.29, 0.717) is 30.7 Å². The molecule has 1 rings (SSSR count). The van der Waals surface area contributed by atoms with Crippen LogP contribution in [0.25, 0.3) is 0 Å². The van der Waals surface area contributed by atoms with Gasteiger partial charge in [-0.2, -0.15) is 0 Å². The van der Waals surface area contributed by atoms with Crippen molar-refractivity contribution in [3.63, 3.8) is 0 Å². The molecule has 0 heterocycles. The summed E-state index contributed by atoms with van der Waals surface area (Å²) in [5.41, 5.74) is 0.330. The quantitative estimate of drug-likeness (QED) is 0.649. The van der Waals surface area contributed by atoms with Crippen molar-refractivity contribution in [1.29, 1.82) is 0 Å². The van der Waals surface area contributed by atoms with Crippen LogP contribution in [-0.2, 0) is 4.79 Å². The number of amides is 1. The van der Waals surface area contributed by atoms with Gasteiger partial charge in [0.2, 0.25) is 0 Å². The van der Waals surface area contributed by atoms with E-state index in [1.807, 2.05) is 0 Å². The summed E-state index contributed by atoms with van der Waals surface area (Å²) in [5, 5.41) is 20.6. The van der Waals surface area contributed by atoms with Crippen LogP contribution < -0.4 is 10.1 Å². The molecule has 0 saturated carbocycles. The first-order valence-corrected chi connectivity index (χ1v) is 5.91. The molecule has 0 unspecified atom stereocenters. The number of carbonyl (C=O) groups excluding carboxylic acids is 1. The van der Waals surface area contributed by atoms with E-state index >= 15 is 0 Å². The standard InChI is InChI=1S/C13H17NO5/c1-19-11-6-5-9(8-10(11)15)13(18)14-7-3-2-4-12(16)17/h5-6,8,15H,2-4,7H2,1H3,(H,14,18)(H,16,17). The van der Waals surface area contributed by atoms with E-state index in [2.05, 4.69) is 5.32 Å². The molecule has 19 heavy (non-hydrogen) atoms. The van der Waals surface area contributed by atoms with Gasteiger partial charge in [0.1, 0.15) is 0 Å². The number of phenols is 1. The molecule has 0 aromatic heterocycles. The molecule has 0 spiro atoms. The van der Waals surface area contributed by atoms with Crippen LogP contribution in [0.4, 0.5) is 0 Å². The third-order valence-corrected chi connectivity index (χ3v) is 2.54. The number of rotatable bonds is 7. The summed E-state index contributed by atoms with van der Waals surface area (Å²) in [4.78, 5) is 22.0. The lowest BCUT2D eigenvalue weighted by atomic mass is 10.2. The summed E-state index contributed by atoms with van der Waals surface area (Å²) >= 11 is 0. The van der Waals surface area contributed by atoms with E-state index in [1.165, 1.54) is 19.2 Å². The Morgan fingerprint density at radius 2 is 2.05 bits per heavy atom. The first-order valence-electron chi connectivity index (χ1n) is 5.91. The average Bonchev–Trinajstić information content (AvgIpc) is 2.37. The Morgan fingerprint density at radius 3 is 2.63 bits per heavy atom. The number of carboxylic acid groups (broad SMARTS) is 1. The summed E-state index contributed by atoms with van der Waals surface area (Å²) < 4.78 is 4.88. The van der Waals surface area contributed by atoms with Crippen LogP contribution >= 0.6 is 0 Å². The smallest absolute Gasteiger partial charge is 0.303 e. The second kappa shape index (κ2) is 7.25. The van der Waals surface area contributed by atoms with Gasteiger partial charge in [-0.25, -0.2) is 0 Å².